The number of amides is 3. The number of piperidine rings is 1. The van der Waals surface area contributed by atoms with Gasteiger partial charge in [0.25, 0.3) is 5.91 Å². The third-order valence-corrected chi connectivity index (χ3v) is 6.79. The van der Waals surface area contributed by atoms with E-state index < -0.39 is 18.2 Å². The van der Waals surface area contributed by atoms with E-state index >= 15 is 0 Å². The molecule has 0 aromatic heterocycles. The first-order chi connectivity index (χ1) is 16.7. The second kappa shape index (κ2) is 12.3. The maximum absolute atomic E-state index is 13.1. The van der Waals surface area contributed by atoms with Gasteiger partial charge in [-0.2, -0.15) is 0 Å². The molecule has 1 aromatic rings. The Kier molecular flexibility index (Phi) is 9.45. The molecule has 0 bridgehead atoms. The molecule has 2 aliphatic heterocycles. The highest BCUT2D eigenvalue weighted by Gasteiger charge is 2.34. The molecule has 35 heavy (non-hydrogen) atoms. The maximum atomic E-state index is 13.1. The number of nitrogen functional groups attached to an aromatic ring is 1. The predicted molar refractivity (Wildman–Crippen MR) is 134 cm³/mol. The van der Waals surface area contributed by atoms with Crippen LogP contribution in [0.5, 0.6) is 5.75 Å². The van der Waals surface area contributed by atoms with E-state index in [0.717, 1.165) is 38.9 Å². The summed E-state index contributed by atoms with van der Waals surface area (Å²) >= 11 is 6.12. The lowest BCUT2D eigenvalue weighted by molar-refractivity contribution is -0.130. The Morgan fingerprint density at radius 3 is 2.57 bits per heavy atom. The number of hydrogen-bond donors (Lipinski definition) is 2. The first-order valence-corrected chi connectivity index (χ1v) is 12.4. The summed E-state index contributed by atoms with van der Waals surface area (Å²) in [4.78, 5) is 43.2. The molecule has 0 saturated carbocycles. The number of ether oxygens (including phenoxy) is 2. The van der Waals surface area contributed by atoms with Gasteiger partial charge in [0.15, 0.2) is 0 Å². The number of nitrogens with zero attached hydrogens (tertiary/aromatic N) is 3. The van der Waals surface area contributed by atoms with Crippen LogP contribution in [-0.2, 0) is 9.53 Å². The van der Waals surface area contributed by atoms with Crippen LogP contribution in [-0.4, -0.2) is 98.7 Å². The van der Waals surface area contributed by atoms with Gasteiger partial charge >= 0.3 is 6.09 Å². The number of carbonyl (C=O) groups excluding carboxylic acids is 3. The normalized spacial score (nSPS) is 20.4. The molecule has 11 heteroatoms. The molecule has 2 fully saturated rings. The van der Waals surface area contributed by atoms with Crippen molar-refractivity contribution in [3.63, 3.8) is 0 Å². The monoisotopic (exact) mass is 509 g/mol. The summed E-state index contributed by atoms with van der Waals surface area (Å²) in [5.74, 6) is 0.131. The molecule has 2 atom stereocenters. The quantitative estimate of drug-likeness (QED) is 0.516. The number of benzene rings is 1. The Hall–Kier alpha value is -2.72. The van der Waals surface area contributed by atoms with Crippen molar-refractivity contribution in [1.29, 1.82) is 0 Å². The Labute approximate surface area is 211 Å². The lowest BCUT2D eigenvalue weighted by Gasteiger charge is -2.38. The van der Waals surface area contributed by atoms with Gasteiger partial charge in [0.05, 0.1) is 29.4 Å². The van der Waals surface area contributed by atoms with Crippen LogP contribution in [0.15, 0.2) is 12.1 Å². The molecule has 2 heterocycles. The minimum Gasteiger partial charge on any atom is -0.496 e. The zero-order chi connectivity index (χ0) is 25.5. The highest BCUT2D eigenvalue weighted by atomic mass is 35.5. The van der Waals surface area contributed by atoms with Gasteiger partial charge < -0.3 is 30.3 Å². The summed E-state index contributed by atoms with van der Waals surface area (Å²) in [5, 5.41) is 3.24. The average molecular weight is 510 g/mol. The summed E-state index contributed by atoms with van der Waals surface area (Å²) < 4.78 is 11.0. The third-order valence-electron chi connectivity index (χ3n) is 6.46. The van der Waals surface area contributed by atoms with Gasteiger partial charge in [0.1, 0.15) is 11.9 Å². The van der Waals surface area contributed by atoms with Crippen LogP contribution in [0.3, 0.4) is 0 Å². The third kappa shape index (κ3) is 7.14. The van der Waals surface area contributed by atoms with Gasteiger partial charge in [-0.15, -0.1) is 0 Å². The van der Waals surface area contributed by atoms with Crippen LogP contribution in [0.4, 0.5) is 10.5 Å². The van der Waals surface area contributed by atoms with Crippen molar-refractivity contribution >= 4 is 35.2 Å². The first kappa shape index (κ1) is 26.9. The van der Waals surface area contributed by atoms with Crippen molar-refractivity contribution in [2.45, 2.75) is 44.2 Å². The molecule has 3 rings (SSSR count). The van der Waals surface area contributed by atoms with Crippen molar-refractivity contribution in [2.24, 2.45) is 0 Å². The fourth-order valence-corrected chi connectivity index (χ4v) is 4.61. The zero-order valence-corrected chi connectivity index (χ0v) is 21.5. The molecule has 1 aromatic carbocycles. The molecule has 0 aliphatic carbocycles. The number of likely N-dealkylation sites (tertiary alicyclic amines) is 2. The minimum atomic E-state index is -0.549. The molecule has 2 saturated heterocycles. The number of rotatable bonds is 8. The first-order valence-electron chi connectivity index (χ1n) is 12.0. The predicted octanol–water partition coefficient (Wildman–Crippen LogP) is 2.20. The van der Waals surface area contributed by atoms with Gasteiger partial charge in [-0.25, -0.2) is 4.79 Å². The van der Waals surface area contributed by atoms with Crippen LogP contribution in [0.1, 0.15) is 42.5 Å². The molecule has 0 unspecified atom stereocenters. The van der Waals surface area contributed by atoms with Crippen molar-refractivity contribution in [3.05, 3.63) is 22.7 Å². The molecule has 2 aliphatic rings. The summed E-state index contributed by atoms with van der Waals surface area (Å²) in [5.41, 5.74) is 6.40. The van der Waals surface area contributed by atoms with Gasteiger partial charge in [-0.05, 0) is 38.3 Å². The van der Waals surface area contributed by atoms with Crippen molar-refractivity contribution in [3.8, 4) is 5.75 Å². The number of anilines is 1. The van der Waals surface area contributed by atoms with Crippen molar-refractivity contribution in [2.75, 3.05) is 59.7 Å². The molecular weight excluding hydrogens is 474 g/mol. The summed E-state index contributed by atoms with van der Waals surface area (Å²) in [7, 11) is 4.68. The van der Waals surface area contributed by atoms with E-state index in [2.05, 4.69) is 10.2 Å². The van der Waals surface area contributed by atoms with E-state index in [4.69, 9.17) is 26.8 Å². The second-order valence-electron chi connectivity index (χ2n) is 9.25. The molecule has 10 nitrogen and oxygen atoms in total. The van der Waals surface area contributed by atoms with E-state index in [9.17, 15) is 14.4 Å². The Morgan fingerprint density at radius 2 is 1.91 bits per heavy atom. The average Bonchev–Trinajstić information content (AvgIpc) is 3.37. The van der Waals surface area contributed by atoms with Crippen molar-refractivity contribution in [1.82, 2.24) is 20.0 Å². The van der Waals surface area contributed by atoms with Crippen LogP contribution in [0.2, 0.25) is 5.02 Å². The summed E-state index contributed by atoms with van der Waals surface area (Å²) in [6, 6.07) is 2.58. The highest BCUT2D eigenvalue weighted by molar-refractivity contribution is 6.33. The Balaban J connectivity index is 1.62. The Morgan fingerprint density at radius 1 is 1.20 bits per heavy atom. The van der Waals surface area contributed by atoms with Crippen molar-refractivity contribution < 1.29 is 23.9 Å². The van der Waals surface area contributed by atoms with E-state index in [1.54, 1.807) is 14.1 Å². The van der Waals surface area contributed by atoms with E-state index in [1.807, 2.05) is 4.90 Å². The van der Waals surface area contributed by atoms with Crippen LogP contribution in [0.25, 0.3) is 0 Å². The number of hydrogen-bond acceptors (Lipinski definition) is 7. The Bertz CT molecular complexity index is 922. The highest BCUT2D eigenvalue weighted by Crippen LogP contribution is 2.29. The van der Waals surface area contributed by atoms with Gasteiger partial charge in [0.2, 0.25) is 5.91 Å². The molecule has 3 N–H and O–H groups in total. The molecule has 0 spiro atoms. The van der Waals surface area contributed by atoms with Crippen LogP contribution < -0.4 is 15.8 Å². The number of nitrogens with one attached hydrogen (secondary N) is 1. The molecule has 3 amide bonds. The number of halogens is 1. The second-order valence-corrected chi connectivity index (χ2v) is 9.66. The lowest BCUT2D eigenvalue weighted by Crippen LogP contribution is -2.56. The summed E-state index contributed by atoms with van der Waals surface area (Å²) in [6.45, 7) is 3.60. The topological polar surface area (TPSA) is 117 Å². The van der Waals surface area contributed by atoms with Gasteiger partial charge in [-0.3, -0.25) is 14.5 Å². The fourth-order valence-electron chi connectivity index (χ4n) is 4.44. The van der Waals surface area contributed by atoms with Crippen LogP contribution in [0, 0.1) is 0 Å². The lowest BCUT2D eigenvalue weighted by atomic mass is 10.00. The molecule has 194 valence electrons. The number of nitrogens with two attached hydrogens (primary N) is 1. The zero-order valence-electron chi connectivity index (χ0n) is 20.7. The van der Waals surface area contributed by atoms with E-state index in [0.29, 0.717) is 37.4 Å². The largest absolute Gasteiger partial charge is 0.496 e. The maximum Gasteiger partial charge on any atom is 0.409 e. The molecular formula is C24H36ClN5O5. The number of carbonyl (C=O) groups is 3. The SMILES string of the molecule is COc1cc(N)c(Cl)cc1C(=O)N[C@@H]1CCN(CCCC(=O)N2CCCC2)C[C@@H]1OC(=O)N(C)C. The van der Waals surface area contributed by atoms with Crippen LogP contribution >= 0.6 is 11.6 Å². The van der Waals surface area contributed by atoms with E-state index in [1.165, 1.54) is 24.1 Å². The van der Waals surface area contributed by atoms with Gasteiger partial charge in [-0.1, -0.05) is 11.6 Å². The molecule has 0 radical (unpaired) electrons. The summed E-state index contributed by atoms with van der Waals surface area (Å²) in [6.07, 6.45) is 2.97. The smallest absolute Gasteiger partial charge is 0.409 e. The standard InChI is InChI=1S/C24H36ClN5O5/c1-28(2)24(33)35-21-15-29(9-6-7-22(31)30-10-4-5-11-30)12-8-19(21)27-23(32)16-13-17(25)18(26)14-20(16)34-3/h13-14,19,21H,4-12,15,26H2,1-3H3,(H,27,32)/t19-,21+/m1/s1. The fraction of sp³-hybridized carbons (Fsp3) is 0.625. The van der Waals surface area contributed by atoms with E-state index in [-0.39, 0.29) is 22.4 Å². The number of methoxy groups -OCH3 is 1. The van der Waals surface area contributed by atoms with Gasteiger partial charge in [0, 0.05) is 52.8 Å². The minimum absolute atomic E-state index is 0.205.